The Morgan fingerprint density at radius 3 is 2.76 bits per heavy atom. The fourth-order valence-electron chi connectivity index (χ4n) is 1.77. The van der Waals surface area contributed by atoms with Crippen LogP contribution in [0.25, 0.3) is 0 Å². The van der Waals surface area contributed by atoms with E-state index < -0.39 is 5.82 Å². The highest BCUT2D eigenvalue weighted by Crippen LogP contribution is 2.22. The Hall–Kier alpha value is -2.27. The van der Waals surface area contributed by atoms with E-state index in [1.807, 2.05) is 0 Å². The van der Waals surface area contributed by atoms with Crippen molar-refractivity contribution in [1.29, 1.82) is 0 Å². The number of Topliss-reactive ketones (excluding diaryl/α,β-unsaturated/α-hetero) is 1. The Morgan fingerprint density at radius 1 is 1.33 bits per heavy atom. The molecule has 0 radical (unpaired) electrons. The number of halogens is 2. The maximum Gasteiger partial charge on any atom is 0.290 e. The number of hydrogen-bond donors (Lipinski definition) is 1. The highest BCUT2D eigenvalue weighted by Gasteiger charge is 2.13. The lowest BCUT2D eigenvalue weighted by Crippen LogP contribution is -2.40. The first kappa shape index (κ1) is 15.1. The molecule has 21 heavy (non-hydrogen) atoms. The van der Waals surface area contributed by atoms with Crippen LogP contribution in [0.4, 0.5) is 10.1 Å². The molecule has 0 spiro atoms. The lowest BCUT2D eigenvalue weighted by Gasteiger charge is -2.05. The van der Waals surface area contributed by atoms with E-state index in [1.165, 1.54) is 19.1 Å². The van der Waals surface area contributed by atoms with Gasteiger partial charge in [-0.15, -0.1) is 0 Å². The summed E-state index contributed by atoms with van der Waals surface area (Å²) in [6.45, 7) is 1.48. The first-order valence-electron chi connectivity index (χ1n) is 6.20. The van der Waals surface area contributed by atoms with Gasteiger partial charge in [0.15, 0.2) is 18.2 Å². The second-order valence-corrected chi connectivity index (χ2v) is 4.90. The summed E-state index contributed by atoms with van der Waals surface area (Å²) < 4.78 is 14.5. The van der Waals surface area contributed by atoms with E-state index in [9.17, 15) is 14.0 Å². The number of carbonyl (C=O) groups excluding carboxylic acids is 2. The van der Waals surface area contributed by atoms with Gasteiger partial charge >= 0.3 is 0 Å². The van der Waals surface area contributed by atoms with Gasteiger partial charge in [0.1, 0.15) is 5.82 Å². The molecule has 0 saturated heterocycles. The maximum absolute atomic E-state index is 12.9. The molecule has 0 aliphatic carbocycles. The first-order chi connectivity index (χ1) is 9.95. The average Bonchev–Trinajstić information content (AvgIpc) is 2.42. The Labute approximate surface area is 126 Å². The van der Waals surface area contributed by atoms with Gasteiger partial charge in [-0.3, -0.25) is 9.59 Å². The van der Waals surface area contributed by atoms with E-state index >= 15 is 0 Å². The third-order valence-electron chi connectivity index (χ3n) is 2.80. The van der Waals surface area contributed by atoms with E-state index in [-0.39, 0.29) is 23.3 Å². The van der Waals surface area contributed by atoms with E-state index in [0.717, 1.165) is 6.07 Å². The minimum Gasteiger partial charge on any atom is -0.319 e. The average molecular weight is 308 g/mol. The lowest BCUT2D eigenvalue weighted by atomic mass is 10.2. The Balaban J connectivity index is 2.08. The minimum absolute atomic E-state index is 0.0226. The Kier molecular flexibility index (Phi) is 4.65. The molecular formula is C15H13ClFN2O2+. The van der Waals surface area contributed by atoms with Crippen LogP contribution < -0.4 is 9.88 Å². The normalized spacial score (nSPS) is 10.2. The zero-order valence-electron chi connectivity index (χ0n) is 11.3. The lowest BCUT2D eigenvalue weighted by molar-refractivity contribution is -0.684. The van der Waals surface area contributed by atoms with Gasteiger partial charge in [0.25, 0.3) is 5.91 Å². The predicted octanol–water partition coefficient (Wildman–Crippen LogP) is 2.61. The number of pyridine rings is 1. The summed E-state index contributed by atoms with van der Waals surface area (Å²) in [4.78, 5) is 23.2. The number of carbonyl (C=O) groups is 2. The Morgan fingerprint density at radius 2 is 2.10 bits per heavy atom. The summed E-state index contributed by atoms with van der Waals surface area (Å²) in [5.74, 6) is -0.873. The van der Waals surface area contributed by atoms with Gasteiger partial charge in [-0.1, -0.05) is 11.6 Å². The monoisotopic (exact) mass is 307 g/mol. The van der Waals surface area contributed by atoms with E-state index in [1.54, 1.807) is 29.1 Å². The molecule has 0 unspecified atom stereocenters. The maximum atomic E-state index is 12.9. The molecule has 4 nitrogen and oxygen atoms in total. The van der Waals surface area contributed by atoms with Crippen LogP contribution in [0.3, 0.4) is 0 Å². The summed E-state index contributed by atoms with van der Waals surface area (Å²) in [7, 11) is 0. The van der Waals surface area contributed by atoms with Gasteiger partial charge in [-0.05, 0) is 31.2 Å². The predicted molar refractivity (Wildman–Crippen MR) is 76.7 cm³/mol. The van der Waals surface area contributed by atoms with Gasteiger partial charge in [0, 0.05) is 6.07 Å². The van der Waals surface area contributed by atoms with E-state index in [0.29, 0.717) is 11.3 Å². The molecule has 2 rings (SSSR count). The molecule has 0 bridgehead atoms. The van der Waals surface area contributed by atoms with Gasteiger partial charge in [-0.25, -0.2) is 4.39 Å². The van der Waals surface area contributed by atoms with Crippen LogP contribution in [-0.2, 0) is 11.3 Å². The van der Waals surface area contributed by atoms with Crippen molar-refractivity contribution in [3.63, 3.8) is 0 Å². The van der Waals surface area contributed by atoms with Gasteiger partial charge in [0.2, 0.25) is 6.54 Å². The minimum atomic E-state index is -0.471. The molecule has 0 aliphatic rings. The highest BCUT2D eigenvalue weighted by atomic mass is 35.5. The number of benzene rings is 1. The number of anilines is 1. The molecule has 1 heterocycles. The molecule has 1 aromatic carbocycles. The molecule has 108 valence electrons. The topological polar surface area (TPSA) is 50.0 Å². The van der Waals surface area contributed by atoms with Crippen LogP contribution in [-0.4, -0.2) is 11.7 Å². The molecule has 0 saturated carbocycles. The number of amides is 1. The highest BCUT2D eigenvalue weighted by molar-refractivity contribution is 6.33. The summed E-state index contributed by atoms with van der Waals surface area (Å²) in [5.41, 5.74) is 0.858. The van der Waals surface area contributed by atoms with E-state index in [4.69, 9.17) is 11.6 Å². The largest absolute Gasteiger partial charge is 0.319 e. The van der Waals surface area contributed by atoms with Crippen LogP contribution in [0.5, 0.6) is 0 Å². The Bertz CT molecular complexity index is 704. The van der Waals surface area contributed by atoms with Crippen LogP contribution in [0, 0.1) is 5.82 Å². The molecule has 1 aromatic heterocycles. The van der Waals surface area contributed by atoms with Crippen molar-refractivity contribution in [2.75, 3.05) is 5.32 Å². The zero-order valence-corrected chi connectivity index (χ0v) is 12.0. The summed E-state index contributed by atoms with van der Waals surface area (Å²) >= 11 is 5.84. The molecule has 0 aliphatic heterocycles. The van der Waals surface area contributed by atoms with Crippen LogP contribution >= 0.6 is 11.6 Å². The summed E-state index contributed by atoms with van der Waals surface area (Å²) in [6, 6.07) is 7.10. The molecule has 1 N–H and O–H groups in total. The second-order valence-electron chi connectivity index (χ2n) is 4.49. The zero-order chi connectivity index (χ0) is 15.4. The number of hydrogen-bond acceptors (Lipinski definition) is 2. The van der Waals surface area contributed by atoms with Crippen LogP contribution in [0.2, 0.25) is 5.02 Å². The molecule has 0 fully saturated rings. The van der Waals surface area contributed by atoms with Crippen molar-refractivity contribution in [2.45, 2.75) is 13.5 Å². The molecule has 2 aromatic rings. The summed E-state index contributed by atoms with van der Waals surface area (Å²) in [6.07, 6.45) is 3.27. The van der Waals surface area contributed by atoms with Crippen molar-refractivity contribution in [3.05, 3.63) is 59.1 Å². The number of rotatable bonds is 4. The van der Waals surface area contributed by atoms with Crippen molar-refractivity contribution >= 4 is 29.0 Å². The quantitative estimate of drug-likeness (QED) is 0.697. The fraction of sp³-hybridized carbons (Fsp3) is 0.133. The van der Waals surface area contributed by atoms with Crippen molar-refractivity contribution in [1.82, 2.24) is 0 Å². The van der Waals surface area contributed by atoms with Gasteiger partial charge in [0.05, 0.1) is 16.3 Å². The molecule has 0 atom stereocenters. The third-order valence-corrected chi connectivity index (χ3v) is 3.11. The number of aromatic nitrogens is 1. The van der Waals surface area contributed by atoms with Gasteiger partial charge in [-0.2, -0.15) is 4.57 Å². The van der Waals surface area contributed by atoms with Crippen molar-refractivity contribution in [3.8, 4) is 0 Å². The molecular weight excluding hydrogens is 295 g/mol. The van der Waals surface area contributed by atoms with E-state index in [2.05, 4.69) is 5.32 Å². The second kappa shape index (κ2) is 6.45. The van der Waals surface area contributed by atoms with Gasteiger partial charge < -0.3 is 5.32 Å². The molecule has 6 heteroatoms. The SMILES string of the molecule is CC(=O)c1ccc[n+](CC(=O)Nc2ccc(F)cc2Cl)c1. The third kappa shape index (κ3) is 4.10. The first-order valence-corrected chi connectivity index (χ1v) is 6.58. The number of nitrogens with one attached hydrogen (secondary N) is 1. The van der Waals surface area contributed by atoms with Crippen LogP contribution in [0.1, 0.15) is 17.3 Å². The number of ketones is 1. The summed E-state index contributed by atoms with van der Waals surface area (Å²) in [5, 5.41) is 2.72. The van der Waals surface area contributed by atoms with Crippen molar-refractivity contribution < 1.29 is 18.5 Å². The smallest absolute Gasteiger partial charge is 0.290 e. The van der Waals surface area contributed by atoms with Crippen LogP contribution in [0.15, 0.2) is 42.7 Å². The molecule has 1 amide bonds. The number of nitrogens with zero attached hydrogens (tertiary/aromatic N) is 1. The standard InChI is InChI=1S/C15H12ClFN2O2/c1-10(20)11-3-2-6-19(8-11)9-15(21)18-14-5-4-12(17)7-13(14)16/h2-8H,9H2,1H3/p+1. The van der Waals surface area contributed by atoms with Crippen molar-refractivity contribution in [2.24, 2.45) is 0 Å². The fourth-order valence-corrected chi connectivity index (χ4v) is 1.99.